The molecule has 0 radical (unpaired) electrons. The summed E-state index contributed by atoms with van der Waals surface area (Å²) in [6.07, 6.45) is 1.60. The highest BCUT2D eigenvalue weighted by Crippen LogP contribution is 2.19. The number of hydrogen-bond donors (Lipinski definition) is 0. The summed E-state index contributed by atoms with van der Waals surface area (Å²) in [4.78, 5) is 14.6. The quantitative estimate of drug-likeness (QED) is 0.771. The number of hydrogen-bond acceptors (Lipinski definition) is 4. The van der Waals surface area contributed by atoms with Crippen molar-refractivity contribution in [1.29, 1.82) is 0 Å². The molecule has 1 heterocycles. The highest BCUT2D eigenvalue weighted by molar-refractivity contribution is 5.86. The van der Waals surface area contributed by atoms with Gasteiger partial charge in [-0.15, -0.1) is 0 Å². The molecule has 0 spiro atoms. The van der Waals surface area contributed by atoms with Crippen molar-refractivity contribution in [3.63, 3.8) is 0 Å². The molecule has 0 fully saturated rings. The molecule has 4 nitrogen and oxygen atoms in total. The lowest BCUT2D eigenvalue weighted by Crippen LogP contribution is -2.21. The number of aromatic carboxylic acids is 1. The fourth-order valence-corrected chi connectivity index (χ4v) is 1.21. The van der Waals surface area contributed by atoms with Crippen molar-refractivity contribution >= 4 is 5.97 Å². The maximum Gasteiger partial charge on any atom is 0.219 e. The highest BCUT2D eigenvalue weighted by Gasteiger charge is 1.99. The van der Waals surface area contributed by atoms with Crippen LogP contribution < -0.4 is 9.84 Å². The van der Waals surface area contributed by atoms with Crippen LogP contribution in [0.15, 0.2) is 48.7 Å². The normalized spacial score (nSPS) is 9.75. The molecule has 2 aromatic rings. The van der Waals surface area contributed by atoms with E-state index in [2.05, 4.69) is 4.98 Å². The maximum absolute atomic E-state index is 10.6. The number of rotatable bonds is 3. The van der Waals surface area contributed by atoms with Crippen LogP contribution in [0.1, 0.15) is 10.4 Å². The van der Waals surface area contributed by atoms with Gasteiger partial charge in [0.15, 0.2) is 0 Å². The Balaban J connectivity index is 2.22. The zero-order valence-corrected chi connectivity index (χ0v) is 8.29. The Kier molecular flexibility index (Phi) is 2.82. The molecule has 0 atom stereocenters. The number of pyridine rings is 1. The molecule has 80 valence electrons. The summed E-state index contributed by atoms with van der Waals surface area (Å²) in [6.45, 7) is 0. The van der Waals surface area contributed by atoms with Crippen molar-refractivity contribution in [1.82, 2.24) is 4.98 Å². The minimum absolute atomic E-state index is 0.0773. The molecular weight excluding hydrogens is 206 g/mol. The first-order chi connectivity index (χ1) is 7.75. The predicted molar refractivity (Wildman–Crippen MR) is 55.1 cm³/mol. The second-order valence-corrected chi connectivity index (χ2v) is 3.09. The summed E-state index contributed by atoms with van der Waals surface area (Å²) in [5, 5.41) is 10.6. The first kappa shape index (κ1) is 10.2. The van der Waals surface area contributed by atoms with Crippen LogP contribution in [0.4, 0.5) is 0 Å². The van der Waals surface area contributed by atoms with Gasteiger partial charge in [0.2, 0.25) is 5.88 Å². The van der Waals surface area contributed by atoms with Crippen LogP contribution in [0.5, 0.6) is 11.6 Å². The maximum atomic E-state index is 10.6. The third-order valence-corrected chi connectivity index (χ3v) is 1.93. The van der Waals surface area contributed by atoms with Gasteiger partial charge in [-0.2, -0.15) is 0 Å². The second kappa shape index (κ2) is 4.44. The predicted octanol–water partition coefficient (Wildman–Crippen LogP) is 1.24. The molecular formula is C12H8NO3-. The Labute approximate surface area is 92.1 Å². The van der Waals surface area contributed by atoms with E-state index in [0.717, 1.165) is 0 Å². The van der Waals surface area contributed by atoms with E-state index in [1.165, 1.54) is 12.1 Å². The number of ether oxygens (including phenoxy) is 1. The number of carboxylic acid groups (broad SMARTS) is 1. The zero-order chi connectivity index (χ0) is 11.4. The Bertz CT molecular complexity index is 497. The molecule has 0 aliphatic heterocycles. The summed E-state index contributed by atoms with van der Waals surface area (Å²) < 4.78 is 5.37. The van der Waals surface area contributed by atoms with E-state index in [1.807, 2.05) is 0 Å². The van der Waals surface area contributed by atoms with E-state index in [0.29, 0.717) is 11.6 Å². The molecule has 2 rings (SSSR count). The molecule has 0 amide bonds. The van der Waals surface area contributed by atoms with Crippen molar-refractivity contribution < 1.29 is 14.6 Å². The van der Waals surface area contributed by atoms with Crippen molar-refractivity contribution in [3.05, 3.63) is 54.2 Å². The average Bonchev–Trinajstić information content (AvgIpc) is 2.30. The lowest BCUT2D eigenvalue weighted by atomic mass is 10.2. The van der Waals surface area contributed by atoms with Gasteiger partial charge in [-0.3, -0.25) is 0 Å². The lowest BCUT2D eigenvalue weighted by molar-refractivity contribution is -0.255. The first-order valence-corrected chi connectivity index (χ1v) is 4.66. The highest BCUT2D eigenvalue weighted by atomic mass is 16.5. The minimum Gasteiger partial charge on any atom is -0.545 e. The van der Waals surface area contributed by atoms with Gasteiger partial charge < -0.3 is 14.6 Å². The number of carboxylic acids is 1. The van der Waals surface area contributed by atoms with Gasteiger partial charge in [0.05, 0.1) is 5.97 Å². The van der Waals surface area contributed by atoms with Gasteiger partial charge in [-0.05, 0) is 18.2 Å². The van der Waals surface area contributed by atoms with Gasteiger partial charge >= 0.3 is 0 Å². The van der Waals surface area contributed by atoms with Crippen LogP contribution >= 0.6 is 0 Å². The molecule has 0 saturated heterocycles. The van der Waals surface area contributed by atoms with Crippen molar-refractivity contribution in [2.75, 3.05) is 0 Å². The first-order valence-electron chi connectivity index (χ1n) is 4.66. The summed E-state index contributed by atoms with van der Waals surface area (Å²) in [5.41, 5.74) is 0.0773. The van der Waals surface area contributed by atoms with Gasteiger partial charge in [-0.25, -0.2) is 4.98 Å². The van der Waals surface area contributed by atoms with Crippen LogP contribution in [0, 0.1) is 0 Å². The third kappa shape index (κ3) is 2.36. The molecule has 0 aliphatic rings. The number of benzene rings is 1. The Morgan fingerprint density at radius 2 is 2.06 bits per heavy atom. The average molecular weight is 214 g/mol. The number of aromatic nitrogens is 1. The molecule has 0 bridgehead atoms. The summed E-state index contributed by atoms with van der Waals surface area (Å²) >= 11 is 0. The second-order valence-electron chi connectivity index (χ2n) is 3.09. The van der Waals surface area contributed by atoms with E-state index in [-0.39, 0.29) is 5.56 Å². The van der Waals surface area contributed by atoms with Crippen LogP contribution in [0.3, 0.4) is 0 Å². The van der Waals surface area contributed by atoms with Crippen molar-refractivity contribution in [2.45, 2.75) is 0 Å². The van der Waals surface area contributed by atoms with E-state index in [4.69, 9.17) is 4.74 Å². The van der Waals surface area contributed by atoms with Crippen LogP contribution in [-0.2, 0) is 0 Å². The topological polar surface area (TPSA) is 62.2 Å². The van der Waals surface area contributed by atoms with Crippen LogP contribution in [0.25, 0.3) is 0 Å². The molecule has 4 heteroatoms. The summed E-state index contributed by atoms with van der Waals surface area (Å²) in [7, 11) is 0. The zero-order valence-electron chi connectivity index (χ0n) is 8.29. The Morgan fingerprint density at radius 1 is 1.19 bits per heavy atom. The summed E-state index contributed by atoms with van der Waals surface area (Å²) in [6, 6.07) is 11.3. The van der Waals surface area contributed by atoms with Crippen molar-refractivity contribution in [3.8, 4) is 11.6 Å². The molecule has 0 saturated carbocycles. The van der Waals surface area contributed by atoms with Crippen molar-refractivity contribution in [2.24, 2.45) is 0 Å². The van der Waals surface area contributed by atoms with Gasteiger partial charge in [0, 0.05) is 17.8 Å². The molecule has 0 N–H and O–H groups in total. The molecule has 16 heavy (non-hydrogen) atoms. The molecule has 0 aliphatic carbocycles. The monoisotopic (exact) mass is 214 g/mol. The number of carbonyl (C=O) groups is 1. The Morgan fingerprint density at radius 3 is 2.75 bits per heavy atom. The van der Waals surface area contributed by atoms with Gasteiger partial charge in [0.1, 0.15) is 5.75 Å². The van der Waals surface area contributed by atoms with Crippen LogP contribution in [0.2, 0.25) is 0 Å². The van der Waals surface area contributed by atoms with E-state index in [1.54, 1.807) is 36.5 Å². The van der Waals surface area contributed by atoms with E-state index in [9.17, 15) is 9.90 Å². The van der Waals surface area contributed by atoms with E-state index < -0.39 is 5.97 Å². The molecule has 1 aromatic heterocycles. The third-order valence-electron chi connectivity index (χ3n) is 1.93. The SMILES string of the molecule is O=C([O-])c1cccc(Oc2ccccn2)c1. The Hall–Kier alpha value is -2.36. The smallest absolute Gasteiger partial charge is 0.219 e. The minimum atomic E-state index is -1.23. The molecule has 1 aromatic carbocycles. The van der Waals surface area contributed by atoms with E-state index >= 15 is 0 Å². The summed E-state index contributed by atoms with van der Waals surface area (Å²) in [5.74, 6) is -0.398. The lowest BCUT2D eigenvalue weighted by Gasteiger charge is -2.06. The standard InChI is InChI=1S/C12H9NO3/c14-12(15)9-4-3-5-10(8-9)16-11-6-1-2-7-13-11/h1-8H,(H,14,15)/p-1. The fourth-order valence-electron chi connectivity index (χ4n) is 1.21. The fraction of sp³-hybridized carbons (Fsp3) is 0. The number of carbonyl (C=O) groups excluding carboxylic acids is 1. The molecule has 0 unspecified atom stereocenters. The van der Waals surface area contributed by atoms with Crippen LogP contribution in [-0.4, -0.2) is 11.0 Å². The number of nitrogens with zero attached hydrogens (tertiary/aromatic N) is 1. The van der Waals surface area contributed by atoms with Gasteiger partial charge in [0.25, 0.3) is 0 Å². The largest absolute Gasteiger partial charge is 0.545 e. The van der Waals surface area contributed by atoms with Gasteiger partial charge in [-0.1, -0.05) is 18.2 Å².